The summed E-state index contributed by atoms with van der Waals surface area (Å²) >= 11 is 5.38. The van der Waals surface area contributed by atoms with Crippen molar-refractivity contribution in [3.05, 3.63) is 25.5 Å². The molecule has 194 valence electrons. The monoisotopic (exact) mass is 675 g/mol. The van der Waals surface area contributed by atoms with Crippen LogP contribution in [0.1, 0.15) is 26.3 Å². The molecule has 1 aromatic heterocycles. The van der Waals surface area contributed by atoms with E-state index in [9.17, 15) is 9.59 Å². The minimum Gasteiger partial charge on any atom is -0.444 e. The van der Waals surface area contributed by atoms with Gasteiger partial charge in [0, 0.05) is 40.2 Å². The van der Waals surface area contributed by atoms with E-state index in [2.05, 4.69) is 26.1 Å². The van der Waals surface area contributed by atoms with Gasteiger partial charge in [-0.25, -0.2) is 14.2 Å². The van der Waals surface area contributed by atoms with Gasteiger partial charge in [0.05, 0.1) is 23.3 Å². The summed E-state index contributed by atoms with van der Waals surface area (Å²) in [5, 5.41) is 3.46. The molecule has 2 saturated heterocycles. The van der Waals surface area contributed by atoms with Crippen molar-refractivity contribution in [2.45, 2.75) is 38.0 Å². The maximum atomic E-state index is 15.6. The first-order valence-electron chi connectivity index (χ1n) is 11.7. The van der Waals surface area contributed by atoms with Gasteiger partial charge in [-0.05, 0) is 79.5 Å². The van der Waals surface area contributed by atoms with Crippen LogP contribution in [0.3, 0.4) is 0 Å². The smallest absolute Gasteiger partial charge is 0.410 e. The van der Waals surface area contributed by atoms with Gasteiger partial charge in [0.1, 0.15) is 11.1 Å². The highest BCUT2D eigenvalue weighted by Crippen LogP contribution is 2.50. The van der Waals surface area contributed by atoms with Crippen LogP contribution in [0.5, 0.6) is 0 Å². The molecule has 9 nitrogen and oxygen atoms in total. The van der Waals surface area contributed by atoms with Gasteiger partial charge in [-0.1, -0.05) is 0 Å². The highest BCUT2D eigenvalue weighted by molar-refractivity contribution is 14.1. The van der Waals surface area contributed by atoms with E-state index in [4.69, 9.17) is 14.5 Å². The van der Waals surface area contributed by atoms with Gasteiger partial charge >= 0.3 is 6.09 Å². The molecule has 1 aromatic carbocycles. The Hall–Kier alpha value is -1.77. The quantitative estimate of drug-likeness (QED) is 0.382. The average Bonchev–Trinajstić information content (AvgIpc) is 3.02. The van der Waals surface area contributed by atoms with Crippen LogP contribution >= 0.6 is 38.5 Å². The molecule has 5 rings (SSSR count). The summed E-state index contributed by atoms with van der Waals surface area (Å²) in [5.41, 5.74) is -1.02. The standard InChI is InChI=1S/C24H28BrFIN5O4/c1-23(2,3)36-22(34)31-6-7-35-24(11-31)15-13-8-14(27)16(25)17(26)18(13)28-20(19(15)29-21(24)33)32-9-12(10-32)30(4)5/h8,12H,6-7,9-11H2,1-5H3,(H,29,33). The van der Waals surface area contributed by atoms with Gasteiger partial charge in [0.25, 0.3) is 5.91 Å². The number of rotatable bonds is 2. The SMILES string of the molecule is CN(C)C1CN(c2nc3c(F)c(Br)c(I)cc3c3c2NC(=O)C32CN(C(=O)OC(C)(C)C)CCO2)C1. The number of carbonyl (C=O) groups is 2. The van der Waals surface area contributed by atoms with Gasteiger partial charge in [0.2, 0.25) is 0 Å². The Balaban J connectivity index is 1.67. The van der Waals surface area contributed by atoms with Crippen molar-refractivity contribution in [1.29, 1.82) is 0 Å². The zero-order valence-electron chi connectivity index (χ0n) is 20.7. The molecule has 0 radical (unpaired) electrons. The van der Waals surface area contributed by atoms with E-state index < -0.39 is 29.0 Å². The number of amides is 2. The molecule has 3 aliphatic heterocycles. The summed E-state index contributed by atoms with van der Waals surface area (Å²) < 4.78 is 28.3. The average molecular weight is 676 g/mol. The van der Waals surface area contributed by atoms with Gasteiger partial charge in [-0.15, -0.1) is 0 Å². The van der Waals surface area contributed by atoms with E-state index in [1.807, 2.05) is 41.6 Å². The number of benzene rings is 1. The van der Waals surface area contributed by atoms with Crippen LogP contribution in [0.15, 0.2) is 10.5 Å². The number of nitrogens with one attached hydrogen (secondary N) is 1. The fourth-order valence-electron chi connectivity index (χ4n) is 4.84. The number of halogens is 3. The predicted molar refractivity (Wildman–Crippen MR) is 146 cm³/mol. The Bertz CT molecular complexity index is 1280. The number of pyridine rings is 1. The maximum absolute atomic E-state index is 15.6. The van der Waals surface area contributed by atoms with Crippen LogP contribution in [0.2, 0.25) is 0 Å². The molecule has 2 aromatic rings. The molecule has 0 bridgehead atoms. The first-order chi connectivity index (χ1) is 16.8. The molecule has 1 unspecified atom stereocenters. The van der Waals surface area contributed by atoms with Crippen molar-refractivity contribution in [1.82, 2.24) is 14.8 Å². The van der Waals surface area contributed by atoms with E-state index >= 15 is 4.39 Å². The fraction of sp³-hybridized carbons (Fsp3) is 0.542. The molecular weight excluding hydrogens is 648 g/mol. The van der Waals surface area contributed by atoms with Crippen LogP contribution in [0, 0.1) is 9.39 Å². The predicted octanol–water partition coefficient (Wildman–Crippen LogP) is 3.91. The number of nitrogens with zero attached hydrogens (tertiary/aromatic N) is 4. The second-order valence-electron chi connectivity index (χ2n) is 10.6. The molecule has 4 heterocycles. The molecule has 12 heteroatoms. The number of fused-ring (bicyclic) bond motifs is 4. The molecular formula is C24H28BrFIN5O4. The van der Waals surface area contributed by atoms with Crippen LogP contribution in [-0.2, 0) is 19.9 Å². The van der Waals surface area contributed by atoms with Crippen molar-refractivity contribution >= 4 is 72.9 Å². The van der Waals surface area contributed by atoms with E-state index in [1.54, 1.807) is 26.8 Å². The number of morpholine rings is 1. The lowest BCUT2D eigenvalue weighted by Gasteiger charge is -2.44. The van der Waals surface area contributed by atoms with E-state index in [0.717, 1.165) is 0 Å². The molecule has 2 fully saturated rings. The number of carbonyl (C=O) groups excluding carboxylic acids is 2. The Kier molecular flexibility index (Phi) is 6.40. The first-order valence-corrected chi connectivity index (χ1v) is 13.6. The molecule has 36 heavy (non-hydrogen) atoms. The Morgan fingerprint density at radius 2 is 2.08 bits per heavy atom. The summed E-state index contributed by atoms with van der Waals surface area (Å²) in [4.78, 5) is 36.9. The fourth-order valence-corrected chi connectivity index (χ4v) is 5.69. The summed E-state index contributed by atoms with van der Waals surface area (Å²) in [7, 11) is 4.02. The second-order valence-corrected chi connectivity index (χ2v) is 12.6. The van der Waals surface area contributed by atoms with Gasteiger partial charge in [-0.2, -0.15) is 0 Å². The van der Waals surface area contributed by atoms with Crippen LogP contribution < -0.4 is 10.2 Å². The number of ether oxygens (including phenoxy) is 2. The molecule has 1 spiro atoms. The zero-order valence-corrected chi connectivity index (χ0v) is 24.5. The van der Waals surface area contributed by atoms with Gasteiger partial charge < -0.3 is 29.5 Å². The number of likely N-dealkylation sites (N-methyl/N-ethyl adjacent to an activating group) is 1. The third-order valence-corrected chi connectivity index (χ3v) is 9.14. The summed E-state index contributed by atoms with van der Waals surface area (Å²) in [5.74, 6) is -0.393. The van der Waals surface area contributed by atoms with E-state index in [-0.39, 0.29) is 25.2 Å². The Morgan fingerprint density at radius 3 is 2.72 bits per heavy atom. The lowest BCUT2D eigenvalue weighted by atomic mass is 9.89. The molecule has 0 aliphatic carbocycles. The third kappa shape index (κ3) is 4.13. The zero-order chi connectivity index (χ0) is 26.2. The Morgan fingerprint density at radius 1 is 1.39 bits per heavy atom. The number of hydrogen-bond acceptors (Lipinski definition) is 7. The van der Waals surface area contributed by atoms with Crippen molar-refractivity contribution in [2.24, 2.45) is 0 Å². The Labute approximate surface area is 230 Å². The molecule has 2 amide bonds. The van der Waals surface area contributed by atoms with E-state index in [1.165, 1.54) is 4.90 Å². The van der Waals surface area contributed by atoms with Crippen LogP contribution in [0.4, 0.5) is 20.7 Å². The van der Waals surface area contributed by atoms with Crippen molar-refractivity contribution in [3.63, 3.8) is 0 Å². The van der Waals surface area contributed by atoms with Crippen LogP contribution in [-0.4, -0.2) is 85.3 Å². The molecule has 1 atom stereocenters. The van der Waals surface area contributed by atoms with Gasteiger partial charge in [0.15, 0.2) is 17.2 Å². The lowest BCUT2D eigenvalue weighted by Crippen LogP contribution is -2.58. The highest BCUT2D eigenvalue weighted by Gasteiger charge is 2.55. The highest BCUT2D eigenvalue weighted by atomic mass is 127. The summed E-state index contributed by atoms with van der Waals surface area (Å²) in [6.45, 7) is 7.13. The molecule has 3 aliphatic rings. The third-order valence-electron chi connectivity index (χ3n) is 6.77. The number of hydrogen-bond donors (Lipinski definition) is 1. The number of anilines is 2. The van der Waals surface area contributed by atoms with E-state index in [0.29, 0.717) is 49.6 Å². The van der Waals surface area contributed by atoms with Crippen LogP contribution in [0.25, 0.3) is 10.9 Å². The van der Waals surface area contributed by atoms with Crippen molar-refractivity contribution < 1.29 is 23.5 Å². The summed E-state index contributed by atoms with van der Waals surface area (Å²) in [6.07, 6.45) is -0.523. The second kappa shape index (κ2) is 8.91. The summed E-state index contributed by atoms with van der Waals surface area (Å²) in [6, 6.07) is 2.13. The maximum Gasteiger partial charge on any atom is 0.410 e. The molecule has 0 saturated carbocycles. The van der Waals surface area contributed by atoms with Crippen molar-refractivity contribution in [3.8, 4) is 0 Å². The molecule has 1 N–H and O–H groups in total. The number of aromatic nitrogens is 1. The minimum absolute atomic E-state index is 0.0477. The lowest BCUT2D eigenvalue weighted by molar-refractivity contribution is -0.153. The van der Waals surface area contributed by atoms with Crippen molar-refractivity contribution in [2.75, 3.05) is 57.1 Å². The van der Waals surface area contributed by atoms with Gasteiger partial charge in [-0.3, -0.25) is 4.79 Å². The largest absolute Gasteiger partial charge is 0.444 e. The first kappa shape index (κ1) is 25.9. The normalized spacial score (nSPS) is 22.3. The minimum atomic E-state index is -1.50. The topological polar surface area (TPSA) is 87.2 Å².